The summed E-state index contributed by atoms with van der Waals surface area (Å²) in [5, 5.41) is 5.21. The maximum absolute atomic E-state index is 11.4. The molecule has 0 aliphatic heterocycles. The molecule has 8 rings (SSSR count). The van der Waals surface area contributed by atoms with E-state index in [0.29, 0.717) is 11.1 Å². The number of aromatic nitrogens is 2. The summed E-state index contributed by atoms with van der Waals surface area (Å²) in [6, 6.07) is 32.3. The predicted octanol–water partition coefficient (Wildman–Crippen LogP) is 10.3. The minimum absolute atomic E-state index is 0.0130. The summed E-state index contributed by atoms with van der Waals surface area (Å²) in [5.41, 5.74) is 8.22. The molecule has 0 saturated heterocycles. The number of para-hydroxylation sites is 1. The van der Waals surface area contributed by atoms with E-state index in [0.717, 1.165) is 62.0 Å². The topological polar surface area (TPSA) is 71.3 Å². The molecule has 0 atom stereocenters. The number of nitrogens with one attached hydrogen (secondary N) is 1. The van der Waals surface area contributed by atoms with Crippen LogP contribution in [0, 0.1) is 0 Å². The highest BCUT2D eigenvalue weighted by Crippen LogP contribution is 2.35. The van der Waals surface area contributed by atoms with E-state index in [1.807, 2.05) is 109 Å². The molecule has 0 aliphatic carbocycles. The van der Waals surface area contributed by atoms with Crippen molar-refractivity contribution in [1.29, 1.82) is 0 Å². The molecule has 49 heavy (non-hydrogen) atoms. The van der Waals surface area contributed by atoms with Gasteiger partial charge in [0.05, 0.1) is 31.0 Å². The summed E-state index contributed by atoms with van der Waals surface area (Å²) in [5.74, 6) is -0.0879. The third-order valence-corrected chi connectivity index (χ3v) is 8.56. The van der Waals surface area contributed by atoms with Crippen molar-refractivity contribution in [1.82, 2.24) is 9.97 Å². The van der Waals surface area contributed by atoms with Gasteiger partial charge in [0.15, 0.2) is 5.82 Å². The van der Waals surface area contributed by atoms with Crippen molar-refractivity contribution in [3.05, 3.63) is 145 Å². The average Bonchev–Trinajstić information content (AvgIpc) is 3.60. The zero-order valence-electron chi connectivity index (χ0n) is 32.6. The van der Waals surface area contributed by atoms with Gasteiger partial charge in [-0.3, -0.25) is 4.79 Å². The van der Waals surface area contributed by atoms with Crippen LogP contribution in [0.15, 0.2) is 150 Å². The number of furan rings is 1. The van der Waals surface area contributed by atoms with Crippen LogP contribution in [0.2, 0.25) is 0 Å². The second-order valence-electron chi connectivity index (χ2n) is 11.5. The molecule has 0 fully saturated rings. The van der Waals surface area contributed by atoms with Gasteiger partial charge in [0.2, 0.25) is 6.41 Å². The second-order valence-corrected chi connectivity index (χ2v) is 11.5. The van der Waals surface area contributed by atoms with Gasteiger partial charge in [-0.15, -0.1) is 0 Å². The van der Waals surface area contributed by atoms with Gasteiger partial charge in [-0.05, 0) is 58.6 Å². The lowest BCUT2D eigenvalue weighted by molar-refractivity contribution is -0.107. The Morgan fingerprint density at radius 3 is 1.88 bits per heavy atom. The van der Waals surface area contributed by atoms with Crippen LogP contribution in [0.3, 0.4) is 0 Å². The third-order valence-electron chi connectivity index (χ3n) is 8.56. The standard InChI is InChI=1S/C43H32N4O2/c1-44-39-24-33(21-23-40(39)47(2)27-48)28-12-16-30(17-13-28)37-26-38(46-43(45-37)32-8-4-3-5-9-32)31-18-14-29(15-19-31)34-20-22-36-35-10-6-7-11-41(35)49-42(36)25-34/h3-27,44H,1-2H3/i3D,4D,5D,8D,9D,26D. The quantitative estimate of drug-likeness (QED) is 0.167. The molecule has 6 nitrogen and oxygen atoms in total. The van der Waals surface area contributed by atoms with Gasteiger partial charge in [-0.25, -0.2) is 9.97 Å². The SMILES string of the molecule is [2H]c1c(-c2ccc(-c3ccc(N(C)C=O)c(NC)c3)cc2)nc(-c2c([2H])c([2H])c([2H])c([2H])c2[2H])nc1-c1ccc(-c2ccc3c(c2)oc2ccccc23)cc1. The number of amides is 1. The number of carbonyl (C=O) groups excluding carboxylic acids is 1. The van der Waals surface area contributed by atoms with Gasteiger partial charge in [0.1, 0.15) is 11.2 Å². The maximum atomic E-state index is 11.4. The first-order valence-electron chi connectivity index (χ1n) is 18.7. The fourth-order valence-electron chi connectivity index (χ4n) is 5.98. The molecular formula is C43H32N4O2. The molecule has 1 N–H and O–H groups in total. The Labute approximate surface area is 292 Å². The molecule has 236 valence electrons. The lowest BCUT2D eigenvalue weighted by atomic mass is 9.99. The molecule has 2 heterocycles. The summed E-state index contributed by atoms with van der Waals surface area (Å²) < 4.78 is 57.5. The van der Waals surface area contributed by atoms with E-state index in [-0.39, 0.29) is 28.8 Å². The van der Waals surface area contributed by atoms with Crippen molar-refractivity contribution < 1.29 is 17.4 Å². The first-order chi connectivity index (χ1) is 26.6. The zero-order chi connectivity index (χ0) is 38.5. The van der Waals surface area contributed by atoms with Crippen LogP contribution in [0.1, 0.15) is 8.22 Å². The van der Waals surface area contributed by atoms with E-state index < -0.39 is 30.2 Å². The molecule has 0 spiro atoms. The van der Waals surface area contributed by atoms with Crippen LogP contribution in [-0.4, -0.2) is 30.5 Å². The summed E-state index contributed by atoms with van der Waals surface area (Å²) in [6.45, 7) is 0. The van der Waals surface area contributed by atoms with Gasteiger partial charge >= 0.3 is 0 Å². The number of rotatable bonds is 8. The zero-order valence-corrected chi connectivity index (χ0v) is 26.6. The van der Waals surface area contributed by atoms with Crippen molar-refractivity contribution in [2.24, 2.45) is 0 Å². The van der Waals surface area contributed by atoms with E-state index in [1.165, 1.54) is 4.90 Å². The van der Waals surface area contributed by atoms with Crippen LogP contribution < -0.4 is 10.2 Å². The van der Waals surface area contributed by atoms with Gasteiger partial charge in [-0.1, -0.05) is 109 Å². The Morgan fingerprint density at radius 1 is 0.653 bits per heavy atom. The Hall–Kier alpha value is -6.53. The van der Waals surface area contributed by atoms with Crippen molar-refractivity contribution in [2.75, 3.05) is 24.3 Å². The molecule has 6 heteroatoms. The molecule has 0 radical (unpaired) electrons. The Kier molecular flexibility index (Phi) is 6.10. The largest absolute Gasteiger partial charge is 0.456 e. The first kappa shape index (κ1) is 23.7. The lowest BCUT2D eigenvalue weighted by Crippen LogP contribution is -2.15. The number of fused-ring (bicyclic) bond motifs is 3. The van der Waals surface area contributed by atoms with Crippen molar-refractivity contribution in [3.8, 4) is 56.2 Å². The molecule has 0 saturated carbocycles. The van der Waals surface area contributed by atoms with Gasteiger partial charge in [0.25, 0.3) is 0 Å². The summed E-state index contributed by atoms with van der Waals surface area (Å²) in [6.07, 6.45) is 0.745. The van der Waals surface area contributed by atoms with E-state index >= 15 is 0 Å². The Balaban J connectivity index is 1.23. The Morgan fingerprint density at radius 2 is 1.22 bits per heavy atom. The van der Waals surface area contributed by atoms with E-state index in [9.17, 15) is 6.17 Å². The number of anilines is 2. The van der Waals surface area contributed by atoms with E-state index in [2.05, 4.69) is 10.3 Å². The van der Waals surface area contributed by atoms with Crippen LogP contribution in [0.4, 0.5) is 11.4 Å². The summed E-state index contributed by atoms with van der Waals surface area (Å²) >= 11 is 0. The smallest absolute Gasteiger partial charge is 0.213 e. The minimum atomic E-state index is -0.518. The van der Waals surface area contributed by atoms with E-state index in [1.54, 1.807) is 14.1 Å². The van der Waals surface area contributed by atoms with Crippen LogP contribution >= 0.6 is 0 Å². The number of benzene rings is 6. The average molecular weight is 643 g/mol. The number of carbonyl (C=O) groups is 1. The highest BCUT2D eigenvalue weighted by atomic mass is 16.3. The molecule has 0 bridgehead atoms. The molecule has 0 unspecified atom stereocenters. The van der Waals surface area contributed by atoms with E-state index in [4.69, 9.17) is 16.3 Å². The normalized spacial score (nSPS) is 12.9. The summed E-state index contributed by atoms with van der Waals surface area (Å²) in [7, 11) is 3.47. The summed E-state index contributed by atoms with van der Waals surface area (Å²) in [4.78, 5) is 22.3. The maximum Gasteiger partial charge on any atom is 0.213 e. The van der Waals surface area contributed by atoms with Crippen LogP contribution in [0.5, 0.6) is 0 Å². The third kappa shape index (κ3) is 5.70. The van der Waals surface area contributed by atoms with Gasteiger partial charge < -0.3 is 14.6 Å². The lowest BCUT2D eigenvalue weighted by Gasteiger charge is -2.17. The predicted molar refractivity (Wildman–Crippen MR) is 201 cm³/mol. The molecule has 0 aliphatic rings. The van der Waals surface area contributed by atoms with Crippen LogP contribution in [-0.2, 0) is 4.79 Å². The highest BCUT2D eigenvalue weighted by molar-refractivity contribution is 6.05. The molecular weight excluding hydrogens is 604 g/mol. The molecule has 8 aromatic rings. The van der Waals surface area contributed by atoms with Gasteiger partial charge in [0, 0.05) is 41.6 Å². The minimum Gasteiger partial charge on any atom is -0.456 e. The number of hydrogen-bond donors (Lipinski definition) is 1. The Bertz CT molecular complexity index is 2780. The molecule has 6 aromatic carbocycles. The molecule has 1 amide bonds. The molecule has 2 aromatic heterocycles. The number of hydrogen-bond acceptors (Lipinski definition) is 5. The fraction of sp³-hybridized carbons (Fsp3) is 0.0465. The van der Waals surface area contributed by atoms with Crippen molar-refractivity contribution >= 4 is 39.7 Å². The van der Waals surface area contributed by atoms with Gasteiger partial charge in [-0.2, -0.15) is 0 Å². The number of nitrogens with zero attached hydrogens (tertiary/aromatic N) is 3. The highest BCUT2D eigenvalue weighted by Gasteiger charge is 2.13. The van der Waals surface area contributed by atoms with Crippen LogP contribution in [0.25, 0.3) is 78.1 Å². The van der Waals surface area contributed by atoms with Crippen molar-refractivity contribution in [3.63, 3.8) is 0 Å². The fourth-order valence-corrected chi connectivity index (χ4v) is 5.98. The monoisotopic (exact) mass is 642 g/mol. The van der Waals surface area contributed by atoms with Crippen molar-refractivity contribution in [2.45, 2.75) is 0 Å². The first-order valence-corrected chi connectivity index (χ1v) is 15.7. The second kappa shape index (κ2) is 12.6.